The van der Waals surface area contributed by atoms with Crippen molar-refractivity contribution in [3.63, 3.8) is 0 Å². The van der Waals surface area contributed by atoms with Crippen molar-refractivity contribution in [3.05, 3.63) is 78.0 Å². The van der Waals surface area contributed by atoms with Gasteiger partial charge in [-0.3, -0.25) is 9.36 Å². The quantitative estimate of drug-likeness (QED) is 0.766. The SMILES string of the molecule is O=C(NCc1ccnc(-n2ccnc2)c1)C1CC1c1cc(F)ccc1F. The first-order valence-corrected chi connectivity index (χ1v) is 8.28. The molecule has 0 radical (unpaired) electrons. The van der Waals surface area contributed by atoms with E-state index in [2.05, 4.69) is 15.3 Å². The zero-order chi connectivity index (χ0) is 18.1. The summed E-state index contributed by atoms with van der Waals surface area (Å²) < 4.78 is 28.9. The molecule has 26 heavy (non-hydrogen) atoms. The van der Waals surface area contributed by atoms with E-state index in [1.54, 1.807) is 29.5 Å². The highest BCUT2D eigenvalue weighted by Crippen LogP contribution is 2.48. The number of aromatic nitrogens is 3. The topological polar surface area (TPSA) is 59.8 Å². The molecule has 1 aromatic carbocycles. The molecule has 5 nitrogen and oxygen atoms in total. The van der Waals surface area contributed by atoms with Crippen molar-refractivity contribution >= 4 is 5.91 Å². The van der Waals surface area contributed by atoms with E-state index in [0.29, 0.717) is 18.8 Å². The number of rotatable bonds is 5. The van der Waals surface area contributed by atoms with Crippen LogP contribution in [0.15, 0.2) is 55.2 Å². The summed E-state index contributed by atoms with van der Waals surface area (Å²) in [5.41, 5.74) is 1.17. The standard InChI is InChI=1S/C19H16F2N4O/c20-13-1-2-17(21)15(8-13)14-9-16(14)19(26)24-10-12-3-4-23-18(7-12)25-6-5-22-11-25/h1-8,11,14,16H,9-10H2,(H,24,26). The molecule has 1 amide bonds. The van der Waals surface area contributed by atoms with Gasteiger partial charge in [-0.2, -0.15) is 0 Å². The summed E-state index contributed by atoms with van der Waals surface area (Å²) in [5, 5.41) is 2.86. The molecule has 0 saturated heterocycles. The highest BCUT2D eigenvalue weighted by Gasteiger charge is 2.45. The predicted molar refractivity (Wildman–Crippen MR) is 90.4 cm³/mol. The Hall–Kier alpha value is -3.09. The number of amides is 1. The molecule has 0 spiro atoms. The number of hydrogen-bond acceptors (Lipinski definition) is 3. The van der Waals surface area contributed by atoms with Crippen molar-refractivity contribution in [1.82, 2.24) is 19.9 Å². The second kappa shape index (κ2) is 6.67. The fourth-order valence-corrected chi connectivity index (χ4v) is 3.05. The molecule has 1 aliphatic carbocycles. The number of carbonyl (C=O) groups excluding carboxylic acids is 1. The van der Waals surface area contributed by atoms with Crippen LogP contribution in [-0.2, 0) is 11.3 Å². The summed E-state index contributed by atoms with van der Waals surface area (Å²) in [7, 11) is 0. The molecule has 3 aromatic rings. The van der Waals surface area contributed by atoms with Gasteiger partial charge in [0, 0.05) is 31.1 Å². The first-order valence-electron chi connectivity index (χ1n) is 8.28. The Kier molecular flexibility index (Phi) is 4.20. The summed E-state index contributed by atoms with van der Waals surface area (Å²) in [6, 6.07) is 7.04. The van der Waals surface area contributed by atoms with E-state index < -0.39 is 11.6 Å². The van der Waals surface area contributed by atoms with Crippen LogP contribution in [0.25, 0.3) is 5.82 Å². The first-order chi connectivity index (χ1) is 12.6. The average molecular weight is 354 g/mol. The fraction of sp³-hybridized carbons (Fsp3) is 0.211. The number of hydrogen-bond donors (Lipinski definition) is 1. The Balaban J connectivity index is 1.38. The van der Waals surface area contributed by atoms with E-state index in [1.807, 2.05) is 12.1 Å². The number of halogens is 2. The Morgan fingerprint density at radius 3 is 2.92 bits per heavy atom. The van der Waals surface area contributed by atoms with Gasteiger partial charge in [0.2, 0.25) is 5.91 Å². The number of pyridine rings is 1. The van der Waals surface area contributed by atoms with Crippen molar-refractivity contribution in [3.8, 4) is 5.82 Å². The Bertz CT molecular complexity index is 942. The highest BCUT2D eigenvalue weighted by molar-refractivity contribution is 5.82. The minimum Gasteiger partial charge on any atom is -0.352 e. The Morgan fingerprint density at radius 1 is 1.23 bits per heavy atom. The van der Waals surface area contributed by atoms with Crippen molar-refractivity contribution in [2.45, 2.75) is 18.9 Å². The maximum absolute atomic E-state index is 13.8. The van der Waals surface area contributed by atoms with Crippen LogP contribution < -0.4 is 5.32 Å². The maximum atomic E-state index is 13.8. The van der Waals surface area contributed by atoms with Crippen LogP contribution in [0.4, 0.5) is 8.78 Å². The molecular weight excluding hydrogens is 338 g/mol. The molecule has 0 aliphatic heterocycles. The van der Waals surface area contributed by atoms with E-state index in [9.17, 15) is 13.6 Å². The zero-order valence-electron chi connectivity index (χ0n) is 13.8. The second-order valence-electron chi connectivity index (χ2n) is 6.32. The predicted octanol–water partition coefficient (Wildman–Crippen LogP) is 2.97. The largest absolute Gasteiger partial charge is 0.352 e. The monoisotopic (exact) mass is 354 g/mol. The van der Waals surface area contributed by atoms with Crippen LogP contribution in [0.3, 0.4) is 0 Å². The third-order valence-corrected chi connectivity index (χ3v) is 4.53. The summed E-state index contributed by atoms with van der Waals surface area (Å²) in [6.45, 7) is 0.345. The molecule has 2 unspecified atom stereocenters. The summed E-state index contributed by atoms with van der Waals surface area (Å²) in [4.78, 5) is 20.6. The van der Waals surface area contributed by atoms with Gasteiger partial charge in [-0.1, -0.05) is 0 Å². The van der Waals surface area contributed by atoms with Crippen molar-refractivity contribution in [2.24, 2.45) is 5.92 Å². The van der Waals surface area contributed by atoms with Crippen molar-refractivity contribution in [1.29, 1.82) is 0 Å². The minimum atomic E-state index is -0.490. The van der Waals surface area contributed by atoms with Crippen molar-refractivity contribution < 1.29 is 13.6 Å². The van der Waals surface area contributed by atoms with E-state index in [-0.39, 0.29) is 23.3 Å². The van der Waals surface area contributed by atoms with Gasteiger partial charge in [-0.15, -0.1) is 0 Å². The molecule has 2 heterocycles. The smallest absolute Gasteiger partial charge is 0.224 e. The number of nitrogens with zero attached hydrogens (tertiary/aromatic N) is 3. The van der Waals surface area contributed by atoms with Gasteiger partial charge in [0.1, 0.15) is 23.8 Å². The van der Waals surface area contributed by atoms with Crippen LogP contribution in [0.1, 0.15) is 23.5 Å². The number of nitrogens with one attached hydrogen (secondary N) is 1. The lowest BCUT2D eigenvalue weighted by atomic mass is 10.1. The van der Waals surface area contributed by atoms with Crippen LogP contribution in [-0.4, -0.2) is 20.4 Å². The normalized spacial score (nSPS) is 18.5. The van der Waals surface area contributed by atoms with Crippen LogP contribution in [0.2, 0.25) is 0 Å². The molecule has 1 aliphatic rings. The van der Waals surface area contributed by atoms with E-state index >= 15 is 0 Å². The molecule has 2 atom stereocenters. The van der Waals surface area contributed by atoms with E-state index in [0.717, 1.165) is 17.7 Å². The van der Waals surface area contributed by atoms with Gasteiger partial charge < -0.3 is 5.32 Å². The van der Waals surface area contributed by atoms with Crippen molar-refractivity contribution in [2.75, 3.05) is 0 Å². The minimum absolute atomic E-state index is 0.153. The molecule has 132 valence electrons. The maximum Gasteiger partial charge on any atom is 0.224 e. The summed E-state index contributed by atoms with van der Waals surface area (Å²) >= 11 is 0. The number of benzene rings is 1. The first kappa shape index (κ1) is 16.4. The lowest BCUT2D eigenvalue weighted by Crippen LogP contribution is -2.25. The van der Waals surface area contributed by atoms with Crippen LogP contribution in [0, 0.1) is 17.6 Å². The Labute approximate surface area is 148 Å². The number of carbonyl (C=O) groups is 1. The zero-order valence-corrected chi connectivity index (χ0v) is 13.8. The summed E-state index contributed by atoms with van der Waals surface area (Å²) in [5.74, 6) is -0.979. The molecule has 7 heteroatoms. The van der Waals surface area contributed by atoms with Crippen LogP contribution in [0.5, 0.6) is 0 Å². The lowest BCUT2D eigenvalue weighted by Gasteiger charge is -2.08. The van der Waals surface area contributed by atoms with Gasteiger partial charge >= 0.3 is 0 Å². The van der Waals surface area contributed by atoms with E-state index in [1.165, 1.54) is 6.07 Å². The summed E-state index contributed by atoms with van der Waals surface area (Å²) in [6.07, 6.45) is 7.29. The highest BCUT2D eigenvalue weighted by atomic mass is 19.1. The molecule has 1 fully saturated rings. The molecule has 4 rings (SSSR count). The Morgan fingerprint density at radius 2 is 2.12 bits per heavy atom. The van der Waals surface area contributed by atoms with Gasteiger partial charge in [0.05, 0.1) is 0 Å². The average Bonchev–Trinajstić information content (AvgIpc) is 3.25. The molecule has 2 aromatic heterocycles. The third-order valence-electron chi connectivity index (χ3n) is 4.53. The molecule has 1 saturated carbocycles. The molecule has 1 N–H and O–H groups in total. The van der Waals surface area contributed by atoms with Gasteiger partial charge in [-0.25, -0.2) is 18.7 Å². The third kappa shape index (κ3) is 3.33. The number of imidazole rings is 1. The van der Waals surface area contributed by atoms with Gasteiger partial charge in [-0.05, 0) is 53.8 Å². The second-order valence-corrected chi connectivity index (χ2v) is 6.32. The van der Waals surface area contributed by atoms with Gasteiger partial charge in [0.15, 0.2) is 0 Å². The lowest BCUT2D eigenvalue weighted by molar-refractivity contribution is -0.122. The van der Waals surface area contributed by atoms with E-state index in [4.69, 9.17) is 0 Å². The fourth-order valence-electron chi connectivity index (χ4n) is 3.05. The van der Waals surface area contributed by atoms with Crippen LogP contribution >= 0.6 is 0 Å². The molecular formula is C19H16F2N4O. The molecule has 0 bridgehead atoms. The van der Waals surface area contributed by atoms with Gasteiger partial charge in [0.25, 0.3) is 0 Å².